The van der Waals surface area contributed by atoms with Crippen molar-refractivity contribution in [3.63, 3.8) is 0 Å². The van der Waals surface area contributed by atoms with E-state index >= 15 is 0 Å². The molecule has 0 aromatic heterocycles. The third kappa shape index (κ3) is 3.35. The number of ether oxygens (including phenoxy) is 1. The number of nitrogens with one attached hydrogen (secondary N) is 1. The Balaban J connectivity index is 2.52. The van der Waals surface area contributed by atoms with Gasteiger partial charge in [-0.3, -0.25) is 0 Å². The van der Waals surface area contributed by atoms with E-state index in [2.05, 4.69) is 5.32 Å². The van der Waals surface area contributed by atoms with Gasteiger partial charge >= 0.3 is 6.09 Å². The van der Waals surface area contributed by atoms with Gasteiger partial charge in [0.25, 0.3) is 0 Å². The van der Waals surface area contributed by atoms with Crippen molar-refractivity contribution in [1.29, 1.82) is 0 Å². The number of hydrogen-bond donors (Lipinski definition) is 2. The van der Waals surface area contributed by atoms with Gasteiger partial charge in [-0.1, -0.05) is 0 Å². The summed E-state index contributed by atoms with van der Waals surface area (Å²) >= 11 is 0. The molecule has 5 heteroatoms. The summed E-state index contributed by atoms with van der Waals surface area (Å²) in [6.07, 6.45) is -0.264. The molecule has 0 bridgehead atoms. The summed E-state index contributed by atoms with van der Waals surface area (Å²) in [6, 6.07) is 0.180. The van der Waals surface area contributed by atoms with Gasteiger partial charge in [-0.05, 0) is 20.8 Å². The van der Waals surface area contributed by atoms with Gasteiger partial charge in [0.05, 0.1) is 0 Å². The summed E-state index contributed by atoms with van der Waals surface area (Å²) in [7, 11) is 0. The molecule has 1 fully saturated rings. The lowest BCUT2D eigenvalue weighted by Crippen LogP contribution is -2.54. The van der Waals surface area contributed by atoms with Gasteiger partial charge < -0.3 is 20.7 Å². The highest BCUT2D eigenvalue weighted by Crippen LogP contribution is 2.12. The zero-order valence-corrected chi connectivity index (χ0v) is 9.75. The number of rotatable bonds is 2. The number of amides is 1. The highest BCUT2D eigenvalue weighted by molar-refractivity contribution is 5.68. The van der Waals surface area contributed by atoms with Gasteiger partial charge in [0, 0.05) is 32.2 Å². The van der Waals surface area contributed by atoms with Crippen LogP contribution in [0.25, 0.3) is 0 Å². The maximum atomic E-state index is 11.8. The van der Waals surface area contributed by atoms with Gasteiger partial charge in [-0.25, -0.2) is 4.79 Å². The summed E-state index contributed by atoms with van der Waals surface area (Å²) in [6.45, 7) is 8.30. The second-order valence-electron chi connectivity index (χ2n) is 4.58. The van der Waals surface area contributed by atoms with Crippen LogP contribution in [0, 0.1) is 0 Å². The highest BCUT2D eigenvalue weighted by atomic mass is 16.6. The Morgan fingerprint density at radius 3 is 2.87 bits per heavy atom. The van der Waals surface area contributed by atoms with E-state index in [4.69, 9.17) is 10.5 Å². The molecule has 1 aliphatic rings. The number of piperazine rings is 1. The Bertz CT molecular complexity index is 231. The molecule has 1 atom stereocenters. The molecule has 1 aliphatic heterocycles. The van der Waals surface area contributed by atoms with Gasteiger partial charge in [0.15, 0.2) is 0 Å². The van der Waals surface area contributed by atoms with Crippen molar-refractivity contribution in [3.8, 4) is 0 Å². The van der Waals surface area contributed by atoms with Crippen LogP contribution in [0.1, 0.15) is 20.8 Å². The molecule has 1 heterocycles. The van der Waals surface area contributed by atoms with Crippen molar-refractivity contribution in [3.05, 3.63) is 0 Å². The van der Waals surface area contributed by atoms with E-state index in [0.717, 1.165) is 13.1 Å². The van der Waals surface area contributed by atoms with Crippen LogP contribution >= 0.6 is 0 Å². The van der Waals surface area contributed by atoms with Gasteiger partial charge in [-0.15, -0.1) is 0 Å². The average Bonchev–Trinajstić information content (AvgIpc) is 2.17. The number of hydrogen-bond acceptors (Lipinski definition) is 4. The van der Waals surface area contributed by atoms with E-state index in [-0.39, 0.29) is 12.1 Å². The Morgan fingerprint density at radius 1 is 1.67 bits per heavy atom. The molecule has 0 aliphatic carbocycles. The zero-order valence-electron chi connectivity index (χ0n) is 9.75. The first-order valence-electron chi connectivity index (χ1n) is 5.36. The smallest absolute Gasteiger partial charge is 0.410 e. The highest BCUT2D eigenvalue weighted by Gasteiger charge is 2.29. The monoisotopic (exact) mass is 215 g/mol. The molecule has 88 valence electrons. The van der Waals surface area contributed by atoms with Crippen LogP contribution in [-0.2, 0) is 4.74 Å². The molecule has 0 spiro atoms. The van der Waals surface area contributed by atoms with E-state index in [1.165, 1.54) is 0 Å². The minimum Gasteiger partial charge on any atom is -0.442 e. The predicted octanol–water partition coefficient (Wildman–Crippen LogP) is 0.154. The molecular weight excluding hydrogens is 194 g/mol. The minimum absolute atomic E-state index is 0.180. The van der Waals surface area contributed by atoms with Crippen LogP contribution in [0.5, 0.6) is 0 Å². The standard InChI is InChI=1S/C10H21N3O2/c1-8-6-12-4-5-13(8)9(14)15-10(2,3)7-11/h8,12H,4-7,11H2,1-3H3/t8-/m0/s1. The van der Waals surface area contributed by atoms with Crippen molar-refractivity contribution in [2.24, 2.45) is 5.73 Å². The van der Waals surface area contributed by atoms with Gasteiger partial charge in [-0.2, -0.15) is 0 Å². The summed E-state index contributed by atoms with van der Waals surface area (Å²) in [5.74, 6) is 0. The van der Waals surface area contributed by atoms with Crippen LogP contribution in [-0.4, -0.2) is 48.8 Å². The van der Waals surface area contributed by atoms with Crippen LogP contribution < -0.4 is 11.1 Å². The second-order valence-corrected chi connectivity index (χ2v) is 4.58. The number of carbonyl (C=O) groups excluding carboxylic acids is 1. The normalized spacial score (nSPS) is 22.7. The molecule has 1 amide bonds. The first-order chi connectivity index (χ1) is 6.96. The lowest BCUT2D eigenvalue weighted by molar-refractivity contribution is 0.00877. The molecule has 15 heavy (non-hydrogen) atoms. The van der Waals surface area contributed by atoms with E-state index in [1.54, 1.807) is 4.90 Å². The quantitative estimate of drug-likeness (QED) is 0.688. The summed E-state index contributed by atoms with van der Waals surface area (Å²) < 4.78 is 5.33. The molecule has 0 aromatic carbocycles. The minimum atomic E-state index is -0.582. The van der Waals surface area contributed by atoms with Crippen molar-refractivity contribution < 1.29 is 9.53 Å². The molecule has 0 saturated carbocycles. The Labute approximate surface area is 90.9 Å². The summed E-state index contributed by atoms with van der Waals surface area (Å²) in [5.41, 5.74) is 4.93. The topological polar surface area (TPSA) is 67.6 Å². The first-order valence-corrected chi connectivity index (χ1v) is 5.36. The van der Waals surface area contributed by atoms with Crippen molar-refractivity contribution in [2.75, 3.05) is 26.2 Å². The number of nitrogens with zero attached hydrogens (tertiary/aromatic N) is 1. The Hall–Kier alpha value is -0.810. The van der Waals surface area contributed by atoms with Crippen molar-refractivity contribution in [1.82, 2.24) is 10.2 Å². The largest absolute Gasteiger partial charge is 0.442 e. The third-order valence-electron chi connectivity index (χ3n) is 2.59. The molecule has 5 nitrogen and oxygen atoms in total. The van der Waals surface area contributed by atoms with Crippen LogP contribution in [0.4, 0.5) is 4.79 Å². The molecular formula is C10H21N3O2. The second kappa shape index (κ2) is 4.81. The van der Waals surface area contributed by atoms with Crippen LogP contribution in [0.2, 0.25) is 0 Å². The zero-order chi connectivity index (χ0) is 11.5. The average molecular weight is 215 g/mol. The van der Waals surface area contributed by atoms with E-state index in [0.29, 0.717) is 13.1 Å². The van der Waals surface area contributed by atoms with Crippen molar-refractivity contribution >= 4 is 6.09 Å². The Kier molecular flexibility index (Phi) is 3.93. The number of carbonyl (C=O) groups is 1. The first kappa shape index (κ1) is 12.3. The SMILES string of the molecule is C[C@H]1CNCCN1C(=O)OC(C)(C)CN. The van der Waals surface area contributed by atoms with Gasteiger partial charge in [0.1, 0.15) is 5.60 Å². The predicted molar refractivity (Wildman–Crippen MR) is 58.7 cm³/mol. The molecule has 3 N–H and O–H groups in total. The summed E-state index contributed by atoms with van der Waals surface area (Å²) in [4.78, 5) is 13.5. The van der Waals surface area contributed by atoms with E-state index < -0.39 is 5.60 Å². The molecule has 1 rings (SSSR count). The molecule has 0 aromatic rings. The maximum absolute atomic E-state index is 11.8. The molecule has 1 saturated heterocycles. The fourth-order valence-electron chi connectivity index (χ4n) is 1.45. The van der Waals surface area contributed by atoms with E-state index in [1.807, 2.05) is 20.8 Å². The van der Waals surface area contributed by atoms with Crippen LogP contribution in [0.3, 0.4) is 0 Å². The lowest BCUT2D eigenvalue weighted by Gasteiger charge is -2.35. The van der Waals surface area contributed by atoms with Gasteiger partial charge in [0.2, 0.25) is 0 Å². The third-order valence-corrected chi connectivity index (χ3v) is 2.59. The number of nitrogens with two attached hydrogens (primary N) is 1. The lowest BCUT2D eigenvalue weighted by atomic mass is 10.1. The fourth-order valence-corrected chi connectivity index (χ4v) is 1.45. The van der Waals surface area contributed by atoms with E-state index in [9.17, 15) is 4.79 Å². The molecule has 0 unspecified atom stereocenters. The fraction of sp³-hybridized carbons (Fsp3) is 0.900. The van der Waals surface area contributed by atoms with Crippen LogP contribution in [0.15, 0.2) is 0 Å². The summed E-state index contributed by atoms with van der Waals surface area (Å²) in [5, 5.41) is 3.22. The molecule has 0 radical (unpaired) electrons. The maximum Gasteiger partial charge on any atom is 0.410 e. The van der Waals surface area contributed by atoms with Crippen molar-refractivity contribution in [2.45, 2.75) is 32.4 Å². The Morgan fingerprint density at radius 2 is 2.33 bits per heavy atom.